The zero-order valence-corrected chi connectivity index (χ0v) is 14.7. The number of methoxy groups -OCH3 is 1. The van der Waals surface area contributed by atoms with E-state index in [9.17, 15) is 14.4 Å². The number of thiophene rings is 1. The molecule has 2 N–H and O–H groups in total. The lowest BCUT2D eigenvalue weighted by molar-refractivity contribution is -0.121. The third-order valence-electron chi connectivity index (χ3n) is 3.51. The number of hydrogen-bond donors (Lipinski definition) is 2. The van der Waals surface area contributed by atoms with Crippen molar-refractivity contribution >= 4 is 29.1 Å². The minimum atomic E-state index is -0.389. The average molecular weight is 360 g/mol. The second kappa shape index (κ2) is 9.58. The van der Waals surface area contributed by atoms with E-state index in [4.69, 9.17) is 0 Å². The van der Waals surface area contributed by atoms with Crippen molar-refractivity contribution in [3.8, 4) is 0 Å². The Labute approximate surface area is 150 Å². The van der Waals surface area contributed by atoms with E-state index in [-0.39, 0.29) is 17.8 Å². The fraction of sp³-hybridized carbons (Fsp3) is 0.278. The first kappa shape index (κ1) is 18.7. The minimum absolute atomic E-state index is 0.0816. The summed E-state index contributed by atoms with van der Waals surface area (Å²) >= 11 is 1.47. The second-order valence-electron chi connectivity index (χ2n) is 5.34. The van der Waals surface area contributed by atoms with E-state index in [0.717, 1.165) is 5.56 Å². The molecule has 1 aromatic carbocycles. The third kappa shape index (κ3) is 6.04. The summed E-state index contributed by atoms with van der Waals surface area (Å²) in [7, 11) is 1.33. The Balaban J connectivity index is 1.63. The third-order valence-corrected chi connectivity index (χ3v) is 4.20. The van der Waals surface area contributed by atoms with E-state index in [1.165, 1.54) is 18.4 Å². The molecule has 1 heterocycles. The van der Waals surface area contributed by atoms with E-state index in [0.29, 0.717) is 37.1 Å². The Morgan fingerprint density at radius 2 is 1.80 bits per heavy atom. The molecule has 0 radical (unpaired) electrons. The quantitative estimate of drug-likeness (QED) is 0.559. The van der Waals surface area contributed by atoms with Gasteiger partial charge in [0.1, 0.15) is 0 Å². The molecule has 0 aliphatic heterocycles. The largest absolute Gasteiger partial charge is 0.465 e. The summed E-state index contributed by atoms with van der Waals surface area (Å²) in [5.41, 5.74) is 2.01. The average Bonchev–Trinajstić information content (AvgIpc) is 3.18. The van der Waals surface area contributed by atoms with Crippen LogP contribution in [0.2, 0.25) is 0 Å². The molecular weight excluding hydrogens is 340 g/mol. The van der Waals surface area contributed by atoms with Crippen molar-refractivity contribution in [1.82, 2.24) is 10.6 Å². The van der Waals surface area contributed by atoms with Crippen molar-refractivity contribution in [3.05, 3.63) is 57.8 Å². The van der Waals surface area contributed by atoms with Crippen molar-refractivity contribution < 1.29 is 19.1 Å². The number of nitrogens with one attached hydrogen (secondary N) is 2. The van der Waals surface area contributed by atoms with E-state index in [1.807, 2.05) is 5.38 Å². The zero-order valence-electron chi connectivity index (χ0n) is 13.9. The van der Waals surface area contributed by atoms with Crippen LogP contribution in [0.15, 0.2) is 41.1 Å². The van der Waals surface area contributed by atoms with Gasteiger partial charge in [-0.25, -0.2) is 4.79 Å². The number of ether oxygens (including phenoxy) is 1. The topological polar surface area (TPSA) is 84.5 Å². The number of amides is 2. The Morgan fingerprint density at radius 1 is 1.04 bits per heavy atom. The molecule has 0 spiro atoms. The summed E-state index contributed by atoms with van der Waals surface area (Å²) in [6.07, 6.45) is 0.910. The van der Waals surface area contributed by atoms with Crippen molar-refractivity contribution in [2.45, 2.75) is 19.4 Å². The van der Waals surface area contributed by atoms with E-state index in [2.05, 4.69) is 15.4 Å². The Kier molecular flexibility index (Phi) is 7.16. The Morgan fingerprint density at radius 3 is 2.44 bits per heavy atom. The van der Waals surface area contributed by atoms with Crippen LogP contribution in [0, 0.1) is 0 Å². The molecule has 2 aromatic rings. The summed E-state index contributed by atoms with van der Waals surface area (Å²) < 4.78 is 4.63. The maximum Gasteiger partial charge on any atom is 0.337 e. The summed E-state index contributed by atoms with van der Waals surface area (Å²) in [5, 5.41) is 9.22. The zero-order chi connectivity index (χ0) is 18.1. The van der Waals surface area contributed by atoms with Crippen molar-refractivity contribution in [1.29, 1.82) is 0 Å². The SMILES string of the molecule is COC(=O)c1ccc(CNC(=O)CCCNC(=O)c2ccsc2)cc1. The molecule has 0 unspecified atom stereocenters. The lowest BCUT2D eigenvalue weighted by Gasteiger charge is -2.07. The van der Waals surface area contributed by atoms with Crippen LogP contribution in [-0.4, -0.2) is 31.4 Å². The van der Waals surface area contributed by atoms with Gasteiger partial charge in [0.25, 0.3) is 5.91 Å². The van der Waals surface area contributed by atoms with Crippen LogP contribution in [0.4, 0.5) is 0 Å². The highest BCUT2D eigenvalue weighted by Gasteiger charge is 2.07. The van der Waals surface area contributed by atoms with Gasteiger partial charge in [0.2, 0.25) is 5.91 Å². The van der Waals surface area contributed by atoms with Gasteiger partial charge < -0.3 is 15.4 Å². The summed E-state index contributed by atoms with van der Waals surface area (Å²) in [4.78, 5) is 34.9. The molecule has 7 heteroatoms. The molecule has 0 aliphatic carbocycles. The molecule has 2 amide bonds. The van der Waals surface area contributed by atoms with Gasteiger partial charge in [0.05, 0.1) is 12.7 Å². The van der Waals surface area contributed by atoms with Crippen LogP contribution in [0.3, 0.4) is 0 Å². The van der Waals surface area contributed by atoms with Crippen LogP contribution in [0.1, 0.15) is 39.1 Å². The highest BCUT2D eigenvalue weighted by atomic mass is 32.1. The number of esters is 1. The van der Waals surface area contributed by atoms with Crippen LogP contribution < -0.4 is 10.6 Å². The highest BCUT2D eigenvalue weighted by molar-refractivity contribution is 7.08. The van der Waals surface area contributed by atoms with Gasteiger partial charge in [-0.1, -0.05) is 12.1 Å². The normalized spacial score (nSPS) is 10.1. The molecule has 2 rings (SSSR count). The van der Waals surface area contributed by atoms with E-state index < -0.39 is 0 Å². The van der Waals surface area contributed by atoms with Gasteiger partial charge in [0.15, 0.2) is 0 Å². The number of hydrogen-bond acceptors (Lipinski definition) is 5. The molecule has 0 bridgehead atoms. The first-order chi connectivity index (χ1) is 12.1. The predicted molar refractivity (Wildman–Crippen MR) is 95.5 cm³/mol. The van der Waals surface area contributed by atoms with Crippen molar-refractivity contribution in [2.75, 3.05) is 13.7 Å². The summed E-state index contributed by atoms with van der Waals surface area (Å²) in [6, 6.07) is 8.62. The predicted octanol–water partition coefficient (Wildman–Crippen LogP) is 2.36. The lowest BCUT2D eigenvalue weighted by atomic mass is 10.1. The molecule has 6 nitrogen and oxygen atoms in total. The first-order valence-corrected chi connectivity index (χ1v) is 8.79. The molecule has 1 aromatic heterocycles. The van der Waals surface area contributed by atoms with Crippen LogP contribution in [0.5, 0.6) is 0 Å². The van der Waals surface area contributed by atoms with Crippen molar-refractivity contribution in [3.63, 3.8) is 0 Å². The van der Waals surface area contributed by atoms with Crippen molar-refractivity contribution in [2.24, 2.45) is 0 Å². The van der Waals surface area contributed by atoms with E-state index in [1.54, 1.807) is 35.7 Å². The van der Waals surface area contributed by atoms with Gasteiger partial charge in [-0.05, 0) is 35.6 Å². The van der Waals surface area contributed by atoms with Crippen LogP contribution in [0.25, 0.3) is 0 Å². The molecule has 0 aliphatic rings. The van der Waals surface area contributed by atoms with Crippen LogP contribution >= 0.6 is 11.3 Å². The highest BCUT2D eigenvalue weighted by Crippen LogP contribution is 2.06. The fourth-order valence-corrected chi connectivity index (χ4v) is 2.75. The standard InChI is InChI=1S/C18H20N2O4S/c1-24-18(23)14-6-4-13(5-7-14)11-20-16(21)3-2-9-19-17(22)15-8-10-25-12-15/h4-8,10,12H,2-3,9,11H2,1H3,(H,19,22)(H,20,21). The number of rotatable bonds is 8. The number of carbonyl (C=O) groups is 3. The summed E-state index contributed by atoms with van der Waals surface area (Å²) in [5.74, 6) is -0.589. The summed E-state index contributed by atoms with van der Waals surface area (Å²) in [6.45, 7) is 0.845. The Bertz CT molecular complexity index is 711. The van der Waals surface area contributed by atoms with Crippen LogP contribution in [-0.2, 0) is 16.1 Å². The first-order valence-electron chi connectivity index (χ1n) is 7.84. The van der Waals surface area contributed by atoms with Gasteiger partial charge in [-0.2, -0.15) is 11.3 Å². The number of carbonyl (C=O) groups excluding carboxylic acids is 3. The Hall–Kier alpha value is -2.67. The van der Waals surface area contributed by atoms with Gasteiger partial charge in [-0.3, -0.25) is 9.59 Å². The smallest absolute Gasteiger partial charge is 0.337 e. The second-order valence-corrected chi connectivity index (χ2v) is 6.12. The molecule has 132 valence electrons. The van der Waals surface area contributed by atoms with Gasteiger partial charge in [0, 0.05) is 30.5 Å². The van der Waals surface area contributed by atoms with Gasteiger partial charge >= 0.3 is 5.97 Å². The molecule has 25 heavy (non-hydrogen) atoms. The maximum absolute atomic E-state index is 11.8. The van der Waals surface area contributed by atoms with E-state index >= 15 is 0 Å². The molecule has 0 fully saturated rings. The molecular formula is C18H20N2O4S. The molecule has 0 saturated carbocycles. The maximum atomic E-state index is 11.8. The van der Waals surface area contributed by atoms with Gasteiger partial charge in [-0.15, -0.1) is 0 Å². The minimum Gasteiger partial charge on any atom is -0.465 e. The molecule has 0 saturated heterocycles. The molecule has 0 atom stereocenters. The monoisotopic (exact) mass is 360 g/mol. The number of benzene rings is 1. The fourth-order valence-electron chi connectivity index (χ4n) is 2.11. The lowest BCUT2D eigenvalue weighted by Crippen LogP contribution is -2.27.